The quantitative estimate of drug-likeness (QED) is 0.316. The molecule has 0 amide bonds. The minimum absolute atomic E-state index is 0.00814. The predicted octanol–water partition coefficient (Wildman–Crippen LogP) is 5.34. The molecule has 34 heavy (non-hydrogen) atoms. The van der Waals surface area contributed by atoms with Crippen LogP contribution in [-0.2, 0) is 4.74 Å². The molecule has 170 valence electrons. The summed E-state index contributed by atoms with van der Waals surface area (Å²) in [6.07, 6.45) is 1.73. The van der Waals surface area contributed by atoms with Crippen LogP contribution in [0.5, 0.6) is 23.0 Å². The number of fused-ring (bicyclic) bond motifs is 3. The summed E-state index contributed by atoms with van der Waals surface area (Å²) in [5.74, 6) is -0.186. The zero-order valence-electron chi connectivity index (χ0n) is 18.4. The Balaban J connectivity index is 2.06. The standard InChI is InChI=1S/C27H21NO6/c1-33-22-14-20-15(13-21(22)31)9-10-28-25(20)23(16-5-3-7-18(29)11-16)24(26(28)27(32)34-2)17-6-4-8-19(30)12-17/h3-14,29-31H,1-2H3. The summed E-state index contributed by atoms with van der Waals surface area (Å²) in [7, 11) is 2.78. The zero-order chi connectivity index (χ0) is 24.0. The van der Waals surface area contributed by atoms with Gasteiger partial charge in [0.15, 0.2) is 11.5 Å². The molecule has 3 aromatic carbocycles. The summed E-state index contributed by atoms with van der Waals surface area (Å²) < 4.78 is 12.2. The smallest absolute Gasteiger partial charge is 0.355 e. The number of carbonyl (C=O) groups excluding carboxylic acids is 1. The fourth-order valence-corrected chi connectivity index (χ4v) is 4.43. The van der Waals surface area contributed by atoms with Crippen LogP contribution in [0.3, 0.4) is 0 Å². The lowest BCUT2D eigenvalue weighted by molar-refractivity contribution is 0.0594. The second kappa shape index (κ2) is 8.04. The van der Waals surface area contributed by atoms with E-state index in [4.69, 9.17) is 9.47 Å². The first kappa shape index (κ1) is 21.2. The van der Waals surface area contributed by atoms with Crippen LogP contribution in [-0.4, -0.2) is 39.9 Å². The van der Waals surface area contributed by atoms with Gasteiger partial charge in [-0.2, -0.15) is 0 Å². The number of rotatable bonds is 4. The van der Waals surface area contributed by atoms with E-state index in [-0.39, 0.29) is 28.7 Å². The van der Waals surface area contributed by atoms with Crippen LogP contribution < -0.4 is 4.74 Å². The van der Waals surface area contributed by atoms with Crippen molar-refractivity contribution in [1.82, 2.24) is 4.40 Å². The zero-order valence-corrected chi connectivity index (χ0v) is 18.4. The van der Waals surface area contributed by atoms with E-state index in [1.807, 2.05) is 6.07 Å². The summed E-state index contributed by atoms with van der Waals surface area (Å²) in [5.41, 5.74) is 3.36. The van der Waals surface area contributed by atoms with Crippen molar-refractivity contribution in [1.29, 1.82) is 0 Å². The second-order valence-corrected chi connectivity index (χ2v) is 7.84. The first-order valence-electron chi connectivity index (χ1n) is 10.5. The molecule has 7 nitrogen and oxygen atoms in total. The van der Waals surface area contributed by atoms with Gasteiger partial charge in [-0.1, -0.05) is 24.3 Å². The molecular formula is C27H21NO6. The van der Waals surface area contributed by atoms with Gasteiger partial charge in [-0.05, 0) is 59.0 Å². The van der Waals surface area contributed by atoms with Crippen LogP contribution in [0.1, 0.15) is 10.5 Å². The predicted molar refractivity (Wildman–Crippen MR) is 129 cm³/mol. The Morgan fingerprint density at radius 3 is 2.06 bits per heavy atom. The third kappa shape index (κ3) is 3.26. The van der Waals surface area contributed by atoms with Crippen LogP contribution in [0.15, 0.2) is 72.9 Å². The van der Waals surface area contributed by atoms with E-state index in [1.165, 1.54) is 14.2 Å². The van der Waals surface area contributed by atoms with E-state index in [1.54, 1.807) is 71.3 Å². The van der Waals surface area contributed by atoms with Crippen LogP contribution >= 0.6 is 0 Å². The number of hydrogen-bond acceptors (Lipinski definition) is 6. The Kier molecular flexibility index (Phi) is 5.02. The number of hydrogen-bond donors (Lipinski definition) is 3. The number of pyridine rings is 1. The minimum atomic E-state index is -0.565. The van der Waals surface area contributed by atoms with Gasteiger partial charge in [0, 0.05) is 22.7 Å². The summed E-state index contributed by atoms with van der Waals surface area (Å²) >= 11 is 0. The number of methoxy groups -OCH3 is 2. The highest BCUT2D eigenvalue weighted by Crippen LogP contribution is 2.45. The Bertz CT molecular complexity index is 1580. The van der Waals surface area contributed by atoms with Crippen LogP contribution in [0, 0.1) is 0 Å². The van der Waals surface area contributed by atoms with Crippen molar-refractivity contribution in [3.63, 3.8) is 0 Å². The Morgan fingerprint density at radius 2 is 1.47 bits per heavy atom. The monoisotopic (exact) mass is 455 g/mol. The maximum absolute atomic E-state index is 13.1. The minimum Gasteiger partial charge on any atom is -0.508 e. The van der Waals surface area contributed by atoms with E-state index >= 15 is 0 Å². The maximum atomic E-state index is 13.1. The Morgan fingerprint density at radius 1 is 0.824 bits per heavy atom. The summed E-state index contributed by atoms with van der Waals surface area (Å²) in [6.45, 7) is 0. The van der Waals surface area contributed by atoms with Gasteiger partial charge in [-0.25, -0.2) is 4.79 Å². The van der Waals surface area contributed by atoms with Gasteiger partial charge in [0.25, 0.3) is 0 Å². The van der Waals surface area contributed by atoms with Crippen LogP contribution in [0.2, 0.25) is 0 Å². The van der Waals surface area contributed by atoms with E-state index in [0.717, 1.165) is 5.39 Å². The average Bonchev–Trinajstić information content (AvgIpc) is 3.18. The van der Waals surface area contributed by atoms with Crippen molar-refractivity contribution in [2.75, 3.05) is 14.2 Å². The van der Waals surface area contributed by atoms with Crippen molar-refractivity contribution < 1.29 is 29.6 Å². The maximum Gasteiger partial charge on any atom is 0.355 e. The summed E-state index contributed by atoms with van der Waals surface area (Å²) in [4.78, 5) is 13.1. The lowest BCUT2D eigenvalue weighted by Crippen LogP contribution is -2.07. The fourth-order valence-electron chi connectivity index (χ4n) is 4.43. The largest absolute Gasteiger partial charge is 0.508 e. The topological polar surface area (TPSA) is 101 Å². The van der Waals surface area contributed by atoms with Gasteiger partial charge < -0.3 is 29.2 Å². The second-order valence-electron chi connectivity index (χ2n) is 7.84. The highest BCUT2D eigenvalue weighted by molar-refractivity contribution is 6.14. The average molecular weight is 455 g/mol. The van der Waals surface area contributed by atoms with Crippen molar-refractivity contribution in [3.05, 3.63) is 78.6 Å². The Labute approximate surface area is 194 Å². The molecule has 2 heterocycles. The molecule has 0 aliphatic rings. The van der Waals surface area contributed by atoms with Gasteiger partial charge >= 0.3 is 5.97 Å². The molecule has 0 fully saturated rings. The molecule has 0 aliphatic heterocycles. The first-order chi connectivity index (χ1) is 16.4. The molecule has 7 heteroatoms. The molecule has 5 aromatic rings. The highest BCUT2D eigenvalue weighted by Gasteiger charge is 2.28. The lowest BCUT2D eigenvalue weighted by Gasteiger charge is -2.10. The van der Waals surface area contributed by atoms with Crippen molar-refractivity contribution in [2.24, 2.45) is 0 Å². The van der Waals surface area contributed by atoms with Gasteiger partial charge in [0.2, 0.25) is 0 Å². The molecular weight excluding hydrogens is 434 g/mol. The number of benzene rings is 3. The summed E-state index contributed by atoms with van der Waals surface area (Å²) in [6, 6.07) is 18.4. The number of phenols is 3. The van der Waals surface area contributed by atoms with Crippen LogP contribution in [0.4, 0.5) is 0 Å². The van der Waals surface area contributed by atoms with E-state index in [0.29, 0.717) is 33.2 Å². The molecule has 0 bridgehead atoms. The van der Waals surface area contributed by atoms with Gasteiger partial charge in [0.05, 0.1) is 19.7 Å². The van der Waals surface area contributed by atoms with Crippen LogP contribution in [0.25, 0.3) is 38.5 Å². The number of carbonyl (C=O) groups is 1. The van der Waals surface area contributed by atoms with Gasteiger partial charge in [-0.3, -0.25) is 0 Å². The van der Waals surface area contributed by atoms with Gasteiger partial charge in [-0.15, -0.1) is 0 Å². The fraction of sp³-hybridized carbons (Fsp3) is 0.0741. The number of phenolic OH excluding ortho intramolecular Hbond substituents is 3. The normalized spacial score (nSPS) is 11.1. The third-order valence-electron chi connectivity index (χ3n) is 5.86. The molecule has 2 aromatic heterocycles. The molecule has 0 radical (unpaired) electrons. The highest BCUT2D eigenvalue weighted by atomic mass is 16.5. The summed E-state index contributed by atoms with van der Waals surface area (Å²) in [5, 5.41) is 32.2. The number of aromatic hydroxyl groups is 3. The molecule has 0 atom stereocenters. The third-order valence-corrected chi connectivity index (χ3v) is 5.86. The van der Waals surface area contributed by atoms with E-state index in [2.05, 4.69) is 0 Å². The van der Waals surface area contributed by atoms with E-state index < -0.39 is 5.97 Å². The molecule has 0 spiro atoms. The number of ether oxygens (including phenoxy) is 2. The Hall–Kier alpha value is -4.65. The van der Waals surface area contributed by atoms with Gasteiger partial charge in [0.1, 0.15) is 17.2 Å². The lowest BCUT2D eigenvalue weighted by atomic mass is 9.94. The molecule has 0 saturated carbocycles. The molecule has 0 saturated heterocycles. The van der Waals surface area contributed by atoms with Crippen molar-refractivity contribution in [2.45, 2.75) is 0 Å². The first-order valence-corrected chi connectivity index (χ1v) is 10.5. The molecule has 0 unspecified atom stereocenters. The molecule has 3 N–H and O–H groups in total. The van der Waals surface area contributed by atoms with Crippen molar-refractivity contribution in [3.8, 4) is 45.3 Å². The number of nitrogens with zero attached hydrogens (tertiary/aromatic N) is 1. The SMILES string of the molecule is COC(=O)c1c(-c2cccc(O)c2)c(-c2cccc(O)c2)c2c3cc(OC)c(O)cc3ccn12. The van der Waals surface area contributed by atoms with E-state index in [9.17, 15) is 20.1 Å². The number of aromatic nitrogens is 1. The number of esters is 1. The molecule has 0 aliphatic carbocycles. The molecule has 5 rings (SSSR count). The van der Waals surface area contributed by atoms with Crippen molar-refractivity contribution >= 4 is 22.3 Å².